The largest absolute Gasteiger partial charge is 0.0654 e. The Kier molecular flexibility index (Phi) is 3.91. The summed E-state index contributed by atoms with van der Waals surface area (Å²) in [4.78, 5) is 0. The van der Waals surface area contributed by atoms with Gasteiger partial charge in [0.1, 0.15) is 0 Å². The van der Waals surface area contributed by atoms with Gasteiger partial charge in [-0.3, -0.25) is 0 Å². The van der Waals surface area contributed by atoms with Crippen molar-refractivity contribution in [2.24, 2.45) is 0 Å². The van der Waals surface area contributed by atoms with Crippen molar-refractivity contribution in [1.82, 2.24) is 0 Å². The smallest absolute Gasteiger partial charge is 0.00106 e. The summed E-state index contributed by atoms with van der Waals surface area (Å²) in [5.41, 5.74) is 7.58. The third kappa shape index (κ3) is 2.40. The van der Waals surface area contributed by atoms with Crippen LogP contribution in [-0.2, 0) is 6.42 Å². The van der Waals surface area contributed by atoms with Crippen molar-refractivity contribution in [3.8, 4) is 11.1 Å². The molecular weight excluding hydrogens is 240 g/mol. The van der Waals surface area contributed by atoms with Crippen molar-refractivity contribution in [1.29, 1.82) is 0 Å². The summed E-state index contributed by atoms with van der Waals surface area (Å²) in [5, 5.41) is 0. The summed E-state index contributed by atoms with van der Waals surface area (Å²) >= 11 is 0. The lowest BCUT2D eigenvalue weighted by atomic mass is 9.89. The molecule has 1 aliphatic rings. The van der Waals surface area contributed by atoms with Crippen LogP contribution in [0.25, 0.3) is 11.1 Å². The molecular formula is C20H24. The van der Waals surface area contributed by atoms with E-state index < -0.39 is 0 Å². The van der Waals surface area contributed by atoms with Gasteiger partial charge in [0.05, 0.1) is 0 Å². The maximum atomic E-state index is 2.40. The van der Waals surface area contributed by atoms with Crippen LogP contribution < -0.4 is 0 Å². The van der Waals surface area contributed by atoms with E-state index in [1.54, 1.807) is 11.1 Å². The second-order valence-corrected chi connectivity index (χ2v) is 6.10. The fraction of sp³-hybridized carbons (Fsp3) is 0.400. The molecule has 0 aliphatic heterocycles. The number of unbranched alkanes of at least 4 members (excludes halogenated alkanes) is 2. The van der Waals surface area contributed by atoms with E-state index >= 15 is 0 Å². The highest BCUT2D eigenvalue weighted by Gasteiger charge is 2.22. The van der Waals surface area contributed by atoms with Crippen LogP contribution in [0.4, 0.5) is 0 Å². The number of fused-ring (bicyclic) bond motifs is 3. The van der Waals surface area contributed by atoms with E-state index in [1.165, 1.54) is 42.4 Å². The molecule has 0 amide bonds. The van der Waals surface area contributed by atoms with Crippen molar-refractivity contribution in [2.75, 3.05) is 0 Å². The predicted octanol–water partition coefficient (Wildman–Crippen LogP) is 5.94. The first-order valence-electron chi connectivity index (χ1n) is 8.01. The monoisotopic (exact) mass is 264 g/mol. The van der Waals surface area contributed by atoms with Crippen LogP contribution in [-0.4, -0.2) is 0 Å². The molecule has 0 heterocycles. The lowest BCUT2D eigenvalue weighted by molar-refractivity contribution is 0.596. The van der Waals surface area contributed by atoms with Gasteiger partial charge in [0, 0.05) is 0 Å². The summed E-state index contributed by atoms with van der Waals surface area (Å²) in [7, 11) is 0. The van der Waals surface area contributed by atoms with Crippen molar-refractivity contribution in [2.45, 2.75) is 51.9 Å². The van der Waals surface area contributed by atoms with Crippen LogP contribution in [0.15, 0.2) is 42.5 Å². The van der Waals surface area contributed by atoms with E-state index in [1.807, 2.05) is 0 Å². The molecule has 0 aromatic heterocycles. The number of rotatable bonds is 5. The van der Waals surface area contributed by atoms with Gasteiger partial charge in [-0.2, -0.15) is 0 Å². The summed E-state index contributed by atoms with van der Waals surface area (Å²) in [6.45, 7) is 4.68. The zero-order chi connectivity index (χ0) is 13.9. The van der Waals surface area contributed by atoms with Crippen molar-refractivity contribution >= 4 is 0 Å². The van der Waals surface area contributed by atoms with Gasteiger partial charge in [-0.15, -0.1) is 0 Å². The molecule has 1 atom stereocenters. The van der Waals surface area contributed by atoms with Gasteiger partial charge in [0.2, 0.25) is 0 Å². The van der Waals surface area contributed by atoms with E-state index in [2.05, 4.69) is 56.3 Å². The molecule has 104 valence electrons. The molecule has 1 unspecified atom stereocenters. The molecule has 0 N–H and O–H groups in total. The van der Waals surface area contributed by atoms with Gasteiger partial charge in [-0.05, 0) is 46.6 Å². The number of hydrogen-bond donors (Lipinski definition) is 0. The minimum atomic E-state index is 0.686. The van der Waals surface area contributed by atoms with Crippen molar-refractivity contribution in [3.05, 3.63) is 59.2 Å². The fourth-order valence-electron chi connectivity index (χ4n) is 3.50. The molecule has 2 aromatic carbocycles. The Hall–Kier alpha value is -1.56. The van der Waals surface area contributed by atoms with Crippen LogP contribution in [0.2, 0.25) is 0 Å². The highest BCUT2D eigenvalue weighted by molar-refractivity contribution is 5.78. The Labute approximate surface area is 122 Å². The lowest BCUT2D eigenvalue weighted by Crippen LogP contribution is -1.99. The molecule has 0 nitrogen and oxygen atoms in total. The summed E-state index contributed by atoms with van der Waals surface area (Å²) in [6, 6.07) is 15.8. The van der Waals surface area contributed by atoms with Gasteiger partial charge in [-0.1, -0.05) is 75.6 Å². The molecule has 0 spiro atoms. The lowest BCUT2D eigenvalue weighted by Gasteiger charge is -2.16. The molecule has 0 saturated carbocycles. The predicted molar refractivity (Wildman–Crippen MR) is 87.2 cm³/mol. The van der Waals surface area contributed by atoms with E-state index in [4.69, 9.17) is 0 Å². The van der Waals surface area contributed by atoms with E-state index in [0.717, 1.165) is 6.42 Å². The van der Waals surface area contributed by atoms with Crippen molar-refractivity contribution < 1.29 is 0 Å². The summed E-state index contributed by atoms with van der Waals surface area (Å²) < 4.78 is 0. The van der Waals surface area contributed by atoms with Gasteiger partial charge < -0.3 is 0 Å². The zero-order valence-corrected chi connectivity index (χ0v) is 12.7. The standard InChI is InChI=1S/C20H24/c1-3-4-5-9-15(2)17-12-8-13-19-18-11-7-6-10-16(18)14-20(17)19/h6-8,10-13,15H,3-5,9,14H2,1-2H3. The van der Waals surface area contributed by atoms with Crippen LogP contribution in [0.3, 0.4) is 0 Å². The first-order valence-corrected chi connectivity index (χ1v) is 8.01. The fourth-order valence-corrected chi connectivity index (χ4v) is 3.50. The van der Waals surface area contributed by atoms with Crippen LogP contribution >= 0.6 is 0 Å². The van der Waals surface area contributed by atoms with Gasteiger partial charge in [-0.25, -0.2) is 0 Å². The van der Waals surface area contributed by atoms with E-state index in [9.17, 15) is 0 Å². The van der Waals surface area contributed by atoms with Gasteiger partial charge in [0.15, 0.2) is 0 Å². The molecule has 20 heavy (non-hydrogen) atoms. The van der Waals surface area contributed by atoms with E-state index in [0.29, 0.717) is 5.92 Å². The maximum absolute atomic E-state index is 2.40. The molecule has 0 fully saturated rings. The molecule has 1 aliphatic carbocycles. The molecule has 0 bridgehead atoms. The highest BCUT2D eigenvalue weighted by atomic mass is 14.3. The SMILES string of the molecule is CCCCCC(C)c1cccc2c1Cc1ccccc1-2. The molecule has 0 saturated heterocycles. The Morgan fingerprint density at radius 3 is 2.60 bits per heavy atom. The Morgan fingerprint density at radius 1 is 0.950 bits per heavy atom. The molecule has 0 radical (unpaired) electrons. The van der Waals surface area contributed by atoms with Crippen molar-refractivity contribution in [3.63, 3.8) is 0 Å². The normalized spacial score (nSPS) is 13.9. The maximum Gasteiger partial charge on any atom is -0.00106 e. The van der Waals surface area contributed by atoms with Crippen LogP contribution in [0.5, 0.6) is 0 Å². The molecule has 2 aromatic rings. The third-order valence-corrected chi connectivity index (χ3v) is 4.66. The minimum Gasteiger partial charge on any atom is -0.0654 e. The first kappa shape index (κ1) is 13.4. The number of benzene rings is 2. The third-order valence-electron chi connectivity index (χ3n) is 4.66. The average molecular weight is 264 g/mol. The molecule has 0 heteroatoms. The Balaban J connectivity index is 1.89. The summed E-state index contributed by atoms with van der Waals surface area (Å²) in [5.74, 6) is 0.686. The summed E-state index contributed by atoms with van der Waals surface area (Å²) in [6.07, 6.45) is 6.47. The van der Waals surface area contributed by atoms with Gasteiger partial charge >= 0.3 is 0 Å². The van der Waals surface area contributed by atoms with Gasteiger partial charge in [0.25, 0.3) is 0 Å². The first-order chi connectivity index (χ1) is 9.81. The molecule has 3 rings (SSSR count). The second-order valence-electron chi connectivity index (χ2n) is 6.10. The Morgan fingerprint density at radius 2 is 1.75 bits per heavy atom. The quantitative estimate of drug-likeness (QED) is 0.500. The number of hydrogen-bond acceptors (Lipinski definition) is 0. The van der Waals surface area contributed by atoms with Crippen LogP contribution in [0.1, 0.15) is 62.1 Å². The second kappa shape index (κ2) is 5.83. The minimum absolute atomic E-state index is 0.686. The topological polar surface area (TPSA) is 0 Å². The van der Waals surface area contributed by atoms with E-state index in [-0.39, 0.29) is 0 Å². The highest BCUT2D eigenvalue weighted by Crippen LogP contribution is 2.40. The Bertz CT molecular complexity index is 595. The van der Waals surface area contributed by atoms with Crippen LogP contribution in [0, 0.1) is 0 Å². The zero-order valence-electron chi connectivity index (χ0n) is 12.7. The average Bonchev–Trinajstić information content (AvgIpc) is 2.86.